The molecule has 1 amide bonds. The molecule has 5 heteroatoms. The molecule has 23 heavy (non-hydrogen) atoms. The first-order valence-corrected chi connectivity index (χ1v) is 7.97. The number of rotatable bonds is 3. The smallest absolute Gasteiger partial charge is 0.410 e. The number of esters is 1. The highest BCUT2D eigenvalue weighted by molar-refractivity contribution is 5.89. The minimum atomic E-state index is -0.528. The molecule has 1 aliphatic carbocycles. The predicted octanol–water partition coefficient (Wildman–Crippen LogP) is 3.72. The molecule has 0 heterocycles. The lowest BCUT2D eigenvalue weighted by Crippen LogP contribution is -2.38. The molecule has 0 N–H and O–H groups in total. The summed E-state index contributed by atoms with van der Waals surface area (Å²) in [5.41, 5.74) is 2.17. The van der Waals surface area contributed by atoms with Crippen molar-refractivity contribution in [2.24, 2.45) is 0 Å². The minimum Gasteiger partial charge on any atom is -0.465 e. The third-order valence-corrected chi connectivity index (χ3v) is 3.96. The first-order chi connectivity index (χ1) is 10.8. The molecule has 0 aliphatic heterocycles. The summed E-state index contributed by atoms with van der Waals surface area (Å²) in [7, 11) is 1.37. The Bertz CT molecular complexity index is 604. The topological polar surface area (TPSA) is 55.8 Å². The van der Waals surface area contributed by atoms with Crippen molar-refractivity contribution in [2.45, 2.75) is 52.2 Å². The predicted molar refractivity (Wildman–Crippen MR) is 87.5 cm³/mol. The van der Waals surface area contributed by atoms with Gasteiger partial charge in [0.15, 0.2) is 0 Å². The molecular formula is C18H25NO4. The number of carbonyl (C=O) groups excluding carboxylic acids is 2. The van der Waals surface area contributed by atoms with E-state index in [1.54, 1.807) is 11.0 Å². The van der Waals surface area contributed by atoms with Crippen LogP contribution in [0.1, 0.15) is 61.6 Å². The van der Waals surface area contributed by atoms with Crippen molar-refractivity contribution in [1.82, 2.24) is 4.90 Å². The lowest BCUT2D eigenvalue weighted by Gasteiger charge is -2.31. The van der Waals surface area contributed by atoms with Crippen LogP contribution in [0.2, 0.25) is 0 Å². The number of fused-ring (bicyclic) bond motifs is 1. The number of benzene rings is 1. The first kappa shape index (κ1) is 17.3. The maximum atomic E-state index is 12.5. The fraction of sp³-hybridized carbons (Fsp3) is 0.556. The largest absolute Gasteiger partial charge is 0.465 e. The molecule has 1 aliphatic rings. The Balaban J connectivity index is 2.29. The molecule has 0 saturated carbocycles. The van der Waals surface area contributed by atoms with E-state index >= 15 is 0 Å². The van der Waals surface area contributed by atoms with Crippen LogP contribution >= 0.6 is 0 Å². The summed E-state index contributed by atoms with van der Waals surface area (Å²) >= 11 is 0. The van der Waals surface area contributed by atoms with Crippen LogP contribution in [-0.4, -0.2) is 36.2 Å². The Hall–Kier alpha value is -2.04. The van der Waals surface area contributed by atoms with Crippen molar-refractivity contribution in [1.29, 1.82) is 0 Å². The second kappa shape index (κ2) is 6.60. The molecule has 2 rings (SSSR count). The SMILES string of the molecule is CCN(C(=O)OC(C)(C)C)C1CCc2ccc(C(=O)OC)cc21. The fourth-order valence-electron chi connectivity index (χ4n) is 2.95. The van der Waals surface area contributed by atoms with Crippen LogP contribution in [-0.2, 0) is 15.9 Å². The molecule has 1 aromatic carbocycles. The number of hydrogen-bond donors (Lipinski definition) is 0. The summed E-state index contributed by atoms with van der Waals surface area (Å²) < 4.78 is 10.3. The second-order valence-electron chi connectivity index (χ2n) is 6.73. The summed E-state index contributed by atoms with van der Waals surface area (Å²) in [4.78, 5) is 26.0. The number of hydrogen-bond acceptors (Lipinski definition) is 4. The van der Waals surface area contributed by atoms with Gasteiger partial charge in [0.1, 0.15) is 5.60 Å². The molecule has 1 aromatic rings. The highest BCUT2D eigenvalue weighted by Crippen LogP contribution is 2.37. The Kier molecular flexibility index (Phi) is 4.97. The van der Waals surface area contributed by atoms with Gasteiger partial charge in [0.2, 0.25) is 0 Å². The minimum absolute atomic E-state index is 0.0607. The molecule has 0 spiro atoms. The third-order valence-electron chi connectivity index (χ3n) is 3.96. The van der Waals surface area contributed by atoms with E-state index in [1.165, 1.54) is 12.7 Å². The highest BCUT2D eigenvalue weighted by atomic mass is 16.6. The fourth-order valence-corrected chi connectivity index (χ4v) is 2.95. The van der Waals surface area contributed by atoms with Gasteiger partial charge in [-0.15, -0.1) is 0 Å². The van der Waals surface area contributed by atoms with Crippen molar-refractivity contribution in [3.8, 4) is 0 Å². The van der Waals surface area contributed by atoms with Crippen LogP contribution in [0.25, 0.3) is 0 Å². The van der Waals surface area contributed by atoms with E-state index in [2.05, 4.69) is 0 Å². The van der Waals surface area contributed by atoms with Gasteiger partial charge >= 0.3 is 12.1 Å². The van der Waals surface area contributed by atoms with Gasteiger partial charge in [0.05, 0.1) is 18.7 Å². The van der Waals surface area contributed by atoms with Crippen molar-refractivity contribution in [2.75, 3.05) is 13.7 Å². The van der Waals surface area contributed by atoms with E-state index in [-0.39, 0.29) is 18.1 Å². The van der Waals surface area contributed by atoms with Crippen LogP contribution in [0.15, 0.2) is 18.2 Å². The molecule has 1 atom stereocenters. The van der Waals surface area contributed by atoms with Crippen molar-refractivity contribution < 1.29 is 19.1 Å². The molecule has 1 unspecified atom stereocenters. The van der Waals surface area contributed by atoms with Gasteiger partial charge in [-0.1, -0.05) is 6.07 Å². The maximum absolute atomic E-state index is 12.5. The lowest BCUT2D eigenvalue weighted by atomic mass is 10.0. The van der Waals surface area contributed by atoms with Gasteiger partial charge in [-0.2, -0.15) is 0 Å². The molecule has 5 nitrogen and oxygen atoms in total. The molecule has 0 fully saturated rings. The highest BCUT2D eigenvalue weighted by Gasteiger charge is 2.33. The average Bonchev–Trinajstić information content (AvgIpc) is 2.88. The van der Waals surface area contributed by atoms with Gasteiger partial charge in [-0.25, -0.2) is 9.59 Å². The summed E-state index contributed by atoms with van der Waals surface area (Å²) in [6, 6.07) is 5.50. The number of carbonyl (C=O) groups is 2. The summed E-state index contributed by atoms with van der Waals surface area (Å²) in [6.07, 6.45) is 1.41. The quantitative estimate of drug-likeness (QED) is 0.797. The summed E-state index contributed by atoms with van der Waals surface area (Å²) in [5.74, 6) is -0.362. The number of ether oxygens (including phenoxy) is 2. The van der Waals surface area contributed by atoms with E-state index in [4.69, 9.17) is 9.47 Å². The van der Waals surface area contributed by atoms with E-state index in [0.29, 0.717) is 12.1 Å². The van der Waals surface area contributed by atoms with Gasteiger partial charge in [0.25, 0.3) is 0 Å². The van der Waals surface area contributed by atoms with E-state index < -0.39 is 5.60 Å². The second-order valence-corrected chi connectivity index (χ2v) is 6.73. The molecular weight excluding hydrogens is 294 g/mol. The van der Waals surface area contributed by atoms with Crippen LogP contribution in [0, 0.1) is 0 Å². The van der Waals surface area contributed by atoms with E-state index in [0.717, 1.165) is 18.4 Å². The Morgan fingerprint density at radius 2 is 2.00 bits per heavy atom. The van der Waals surface area contributed by atoms with Gasteiger partial charge in [0, 0.05) is 6.54 Å². The zero-order valence-corrected chi connectivity index (χ0v) is 14.5. The van der Waals surface area contributed by atoms with Crippen molar-refractivity contribution in [3.63, 3.8) is 0 Å². The van der Waals surface area contributed by atoms with Crippen molar-refractivity contribution >= 4 is 12.1 Å². The number of nitrogens with zero attached hydrogens (tertiary/aromatic N) is 1. The number of aryl methyl sites for hydroxylation is 1. The third kappa shape index (κ3) is 3.84. The van der Waals surface area contributed by atoms with Crippen LogP contribution in [0.5, 0.6) is 0 Å². The zero-order chi connectivity index (χ0) is 17.2. The van der Waals surface area contributed by atoms with Crippen LogP contribution in [0.3, 0.4) is 0 Å². The number of methoxy groups -OCH3 is 1. The molecule has 0 aromatic heterocycles. The summed E-state index contributed by atoms with van der Waals surface area (Å²) in [5, 5.41) is 0. The van der Waals surface area contributed by atoms with Gasteiger partial charge in [-0.05, 0) is 63.8 Å². The normalized spacial score (nSPS) is 16.7. The van der Waals surface area contributed by atoms with Crippen LogP contribution in [0.4, 0.5) is 4.79 Å². The first-order valence-electron chi connectivity index (χ1n) is 7.97. The van der Waals surface area contributed by atoms with Gasteiger partial charge in [-0.3, -0.25) is 0 Å². The van der Waals surface area contributed by atoms with E-state index in [1.807, 2.05) is 39.8 Å². The lowest BCUT2D eigenvalue weighted by molar-refractivity contribution is 0.0171. The molecule has 0 radical (unpaired) electrons. The maximum Gasteiger partial charge on any atom is 0.410 e. The zero-order valence-electron chi connectivity index (χ0n) is 14.5. The Morgan fingerprint density at radius 1 is 1.30 bits per heavy atom. The van der Waals surface area contributed by atoms with Crippen LogP contribution < -0.4 is 0 Å². The Labute approximate surface area is 137 Å². The van der Waals surface area contributed by atoms with Crippen molar-refractivity contribution in [3.05, 3.63) is 34.9 Å². The molecule has 0 bridgehead atoms. The monoisotopic (exact) mass is 319 g/mol. The standard InChI is InChI=1S/C18H25NO4/c1-6-19(17(21)23-18(2,3)4)15-10-9-12-7-8-13(11-14(12)15)16(20)22-5/h7-8,11,15H,6,9-10H2,1-5H3. The molecule has 0 saturated heterocycles. The molecule has 126 valence electrons. The van der Waals surface area contributed by atoms with Gasteiger partial charge < -0.3 is 14.4 Å². The number of amides is 1. The van der Waals surface area contributed by atoms with E-state index in [9.17, 15) is 9.59 Å². The Morgan fingerprint density at radius 3 is 2.57 bits per heavy atom. The average molecular weight is 319 g/mol. The summed E-state index contributed by atoms with van der Waals surface area (Å²) in [6.45, 7) is 8.07.